The van der Waals surface area contributed by atoms with E-state index in [4.69, 9.17) is 4.98 Å². The summed E-state index contributed by atoms with van der Waals surface area (Å²) in [5.41, 5.74) is 5.82. The lowest BCUT2D eigenvalue weighted by Gasteiger charge is -2.03. The Morgan fingerprint density at radius 2 is 1.72 bits per heavy atom. The third kappa shape index (κ3) is 1.82. The number of nitrogens with zero attached hydrogens (tertiary/aromatic N) is 1. The minimum absolute atomic E-state index is 0.951. The van der Waals surface area contributed by atoms with Gasteiger partial charge in [-0.3, -0.25) is 0 Å². The van der Waals surface area contributed by atoms with E-state index in [1.54, 1.807) is 0 Å². The second-order valence-corrected chi connectivity index (χ2v) is 5.57. The van der Waals surface area contributed by atoms with Gasteiger partial charge in [0.25, 0.3) is 0 Å². The van der Waals surface area contributed by atoms with Gasteiger partial charge in [0.2, 0.25) is 0 Å². The Bertz CT molecular complexity index is 728. The number of rotatable bonds is 1. The van der Waals surface area contributed by atoms with Crippen LogP contribution in [0.2, 0.25) is 0 Å². The number of halogens is 1. The predicted molar refractivity (Wildman–Crippen MR) is 83.7 cm³/mol. The Morgan fingerprint density at radius 1 is 1.00 bits per heavy atom. The number of para-hydroxylation sites is 1. The van der Waals surface area contributed by atoms with Crippen LogP contribution < -0.4 is 0 Å². The van der Waals surface area contributed by atoms with Crippen molar-refractivity contribution in [1.82, 2.24) is 9.97 Å². The van der Waals surface area contributed by atoms with Gasteiger partial charge < -0.3 is 4.98 Å². The highest BCUT2D eigenvalue weighted by Crippen LogP contribution is 2.27. The van der Waals surface area contributed by atoms with Crippen LogP contribution in [0.25, 0.3) is 22.4 Å². The molecule has 0 fully saturated rings. The molecule has 0 aliphatic heterocycles. The molecule has 2 nitrogen and oxygen atoms in total. The molecule has 0 amide bonds. The van der Waals surface area contributed by atoms with Gasteiger partial charge in [0, 0.05) is 9.13 Å². The molecular formula is C15H13IN2. The third-order valence-electron chi connectivity index (χ3n) is 3.16. The summed E-state index contributed by atoms with van der Waals surface area (Å²) in [7, 11) is 0. The van der Waals surface area contributed by atoms with Crippen LogP contribution in [0.15, 0.2) is 36.4 Å². The van der Waals surface area contributed by atoms with Crippen molar-refractivity contribution in [3.05, 3.63) is 51.1 Å². The van der Waals surface area contributed by atoms with E-state index in [1.165, 1.54) is 20.3 Å². The Labute approximate surface area is 120 Å². The third-order valence-corrected chi connectivity index (χ3v) is 4.59. The van der Waals surface area contributed by atoms with Gasteiger partial charge in [0.15, 0.2) is 0 Å². The number of imidazole rings is 1. The van der Waals surface area contributed by atoms with Crippen molar-refractivity contribution < 1.29 is 0 Å². The first-order valence-corrected chi connectivity index (χ1v) is 6.95. The highest BCUT2D eigenvalue weighted by Gasteiger charge is 2.10. The predicted octanol–water partition coefficient (Wildman–Crippen LogP) is 4.45. The number of aryl methyl sites for hydroxylation is 2. The summed E-state index contributed by atoms with van der Waals surface area (Å²) in [6.45, 7) is 4.22. The topological polar surface area (TPSA) is 28.7 Å². The van der Waals surface area contributed by atoms with Crippen LogP contribution in [0, 0.1) is 17.4 Å². The van der Waals surface area contributed by atoms with Gasteiger partial charge in [-0.1, -0.05) is 30.3 Å². The molecule has 1 aromatic heterocycles. The lowest BCUT2D eigenvalue weighted by Crippen LogP contribution is -1.88. The Balaban J connectivity index is 2.26. The molecule has 3 rings (SSSR count). The van der Waals surface area contributed by atoms with Crippen LogP contribution >= 0.6 is 22.6 Å². The molecule has 1 heterocycles. The number of hydrogen-bond donors (Lipinski definition) is 1. The summed E-state index contributed by atoms with van der Waals surface area (Å²) in [4.78, 5) is 8.13. The maximum absolute atomic E-state index is 4.72. The largest absolute Gasteiger partial charge is 0.338 e. The van der Waals surface area contributed by atoms with E-state index in [2.05, 4.69) is 77.8 Å². The smallest absolute Gasteiger partial charge is 0.139 e. The van der Waals surface area contributed by atoms with Crippen LogP contribution in [0.4, 0.5) is 0 Å². The number of aromatic nitrogens is 2. The van der Waals surface area contributed by atoms with Crippen molar-refractivity contribution in [2.45, 2.75) is 13.8 Å². The first-order valence-electron chi connectivity index (χ1n) is 5.87. The van der Waals surface area contributed by atoms with Crippen LogP contribution in [-0.4, -0.2) is 9.97 Å². The number of H-pyrrole nitrogens is 1. The standard InChI is InChI=1S/C15H13IN2/c1-9-5-3-7-11(13(9)16)15-17-12-8-4-6-10(2)14(12)18-15/h3-8H,1-2H3,(H,17,18). The summed E-state index contributed by atoms with van der Waals surface area (Å²) in [5, 5.41) is 0. The van der Waals surface area contributed by atoms with Gasteiger partial charge in [0.1, 0.15) is 5.82 Å². The lowest BCUT2D eigenvalue weighted by molar-refractivity contribution is 1.30. The molecule has 3 heteroatoms. The van der Waals surface area contributed by atoms with E-state index in [9.17, 15) is 0 Å². The molecule has 90 valence electrons. The van der Waals surface area contributed by atoms with Crippen LogP contribution in [0.1, 0.15) is 11.1 Å². The van der Waals surface area contributed by atoms with Crippen molar-refractivity contribution in [2.75, 3.05) is 0 Å². The maximum atomic E-state index is 4.72. The summed E-state index contributed by atoms with van der Waals surface area (Å²) in [6, 6.07) is 12.5. The average Bonchev–Trinajstić information content (AvgIpc) is 2.78. The molecule has 0 saturated heterocycles. The van der Waals surface area contributed by atoms with Crippen LogP contribution in [0.3, 0.4) is 0 Å². The molecular weight excluding hydrogens is 335 g/mol. The summed E-state index contributed by atoms with van der Waals surface area (Å²) in [5.74, 6) is 0.951. The fourth-order valence-corrected chi connectivity index (χ4v) is 2.75. The van der Waals surface area contributed by atoms with Gasteiger partial charge in [-0.05, 0) is 53.6 Å². The van der Waals surface area contributed by atoms with Crippen LogP contribution in [-0.2, 0) is 0 Å². The SMILES string of the molecule is Cc1cccc(-c2nc3c(C)cccc3[nH]2)c1I. The van der Waals surface area contributed by atoms with E-state index in [0.717, 1.165) is 16.9 Å². The van der Waals surface area contributed by atoms with Crippen molar-refractivity contribution in [3.8, 4) is 11.4 Å². The lowest BCUT2D eigenvalue weighted by atomic mass is 10.1. The molecule has 2 aromatic carbocycles. The molecule has 0 atom stereocenters. The van der Waals surface area contributed by atoms with Crippen LogP contribution in [0.5, 0.6) is 0 Å². The van der Waals surface area contributed by atoms with Gasteiger partial charge in [-0.2, -0.15) is 0 Å². The first kappa shape index (κ1) is 11.7. The zero-order chi connectivity index (χ0) is 12.7. The zero-order valence-electron chi connectivity index (χ0n) is 10.3. The van der Waals surface area contributed by atoms with E-state index >= 15 is 0 Å². The molecule has 0 radical (unpaired) electrons. The number of hydrogen-bond acceptors (Lipinski definition) is 1. The summed E-state index contributed by atoms with van der Waals surface area (Å²) >= 11 is 2.38. The first-order chi connectivity index (χ1) is 8.66. The van der Waals surface area contributed by atoms with E-state index in [1.807, 2.05) is 0 Å². The Hall–Kier alpha value is -1.36. The number of benzene rings is 2. The summed E-state index contributed by atoms with van der Waals surface area (Å²) in [6.07, 6.45) is 0. The van der Waals surface area contributed by atoms with Crippen molar-refractivity contribution in [3.63, 3.8) is 0 Å². The zero-order valence-corrected chi connectivity index (χ0v) is 12.4. The molecule has 0 aliphatic rings. The minimum atomic E-state index is 0.951. The molecule has 0 saturated carbocycles. The summed E-state index contributed by atoms with van der Waals surface area (Å²) < 4.78 is 1.26. The fourth-order valence-electron chi connectivity index (χ4n) is 2.13. The molecule has 0 bridgehead atoms. The second-order valence-electron chi connectivity index (χ2n) is 4.49. The minimum Gasteiger partial charge on any atom is -0.338 e. The molecule has 3 aromatic rings. The maximum Gasteiger partial charge on any atom is 0.139 e. The van der Waals surface area contributed by atoms with Gasteiger partial charge in [-0.15, -0.1) is 0 Å². The fraction of sp³-hybridized carbons (Fsp3) is 0.133. The van der Waals surface area contributed by atoms with E-state index in [-0.39, 0.29) is 0 Å². The Kier molecular flexibility index (Phi) is 2.86. The highest BCUT2D eigenvalue weighted by molar-refractivity contribution is 14.1. The second kappa shape index (κ2) is 4.39. The number of nitrogens with one attached hydrogen (secondary N) is 1. The highest BCUT2D eigenvalue weighted by atomic mass is 127. The normalized spacial score (nSPS) is 11.1. The molecule has 0 aliphatic carbocycles. The van der Waals surface area contributed by atoms with E-state index < -0.39 is 0 Å². The average molecular weight is 348 g/mol. The molecule has 0 unspecified atom stereocenters. The molecule has 1 N–H and O–H groups in total. The number of aromatic amines is 1. The van der Waals surface area contributed by atoms with Crippen molar-refractivity contribution in [2.24, 2.45) is 0 Å². The van der Waals surface area contributed by atoms with Gasteiger partial charge in [-0.25, -0.2) is 4.98 Å². The van der Waals surface area contributed by atoms with Crippen molar-refractivity contribution >= 4 is 33.6 Å². The Morgan fingerprint density at radius 3 is 2.50 bits per heavy atom. The van der Waals surface area contributed by atoms with Gasteiger partial charge in [0.05, 0.1) is 11.0 Å². The van der Waals surface area contributed by atoms with E-state index in [0.29, 0.717) is 0 Å². The monoisotopic (exact) mass is 348 g/mol. The number of fused-ring (bicyclic) bond motifs is 1. The van der Waals surface area contributed by atoms with Gasteiger partial charge >= 0.3 is 0 Å². The van der Waals surface area contributed by atoms with Crippen molar-refractivity contribution in [1.29, 1.82) is 0 Å². The molecule has 0 spiro atoms. The quantitative estimate of drug-likeness (QED) is 0.647. The molecule has 18 heavy (non-hydrogen) atoms.